The van der Waals surface area contributed by atoms with Gasteiger partial charge in [-0.3, -0.25) is 14.6 Å². The van der Waals surface area contributed by atoms with Crippen LogP contribution in [0.5, 0.6) is 0 Å². The van der Waals surface area contributed by atoms with Crippen LogP contribution in [-0.2, 0) is 0 Å². The molecule has 11 heteroatoms. The molecular formula is C29H31F2N7O2. The lowest BCUT2D eigenvalue weighted by atomic mass is 9.40. The molecule has 3 saturated carbocycles. The molecular weight excluding hydrogens is 516 g/mol. The molecule has 1 aliphatic heterocycles. The zero-order chi connectivity index (χ0) is 28.4. The SMILES string of the molecule is C[C@@H]1CN(c2c(NC(=O)c3ccc(=O)n(-c4c(F)cccc4F)n3)ccc(N)c2C=NC23CC(C)(C2)C3)C[C@@H]1N. The van der Waals surface area contributed by atoms with Crippen molar-refractivity contribution >= 4 is 29.2 Å². The van der Waals surface area contributed by atoms with Crippen LogP contribution in [0.1, 0.15) is 49.2 Å². The van der Waals surface area contributed by atoms with Crippen molar-refractivity contribution in [1.29, 1.82) is 0 Å². The molecule has 2 aromatic carbocycles. The number of benzene rings is 2. The molecule has 5 N–H and O–H groups in total. The predicted octanol–water partition coefficient (Wildman–Crippen LogP) is 3.49. The van der Waals surface area contributed by atoms with Gasteiger partial charge in [-0.2, -0.15) is 9.78 Å². The summed E-state index contributed by atoms with van der Waals surface area (Å²) in [5, 5.41) is 6.84. The van der Waals surface area contributed by atoms with Crippen molar-refractivity contribution in [2.45, 2.75) is 44.7 Å². The number of amides is 1. The van der Waals surface area contributed by atoms with Crippen molar-refractivity contribution in [3.63, 3.8) is 0 Å². The number of anilines is 3. The van der Waals surface area contributed by atoms with Gasteiger partial charge in [-0.1, -0.05) is 19.9 Å². The number of carbonyl (C=O) groups excluding carboxylic acids is 1. The Morgan fingerprint density at radius 3 is 2.42 bits per heavy atom. The number of nitrogens with zero attached hydrogens (tertiary/aromatic N) is 4. The van der Waals surface area contributed by atoms with Crippen LogP contribution in [0.25, 0.3) is 5.69 Å². The summed E-state index contributed by atoms with van der Waals surface area (Å²) in [6.45, 7) is 5.56. The first-order valence-corrected chi connectivity index (χ1v) is 13.3. The number of halogens is 2. The van der Waals surface area contributed by atoms with Crippen LogP contribution in [0.2, 0.25) is 0 Å². The minimum absolute atomic E-state index is 0.0357. The van der Waals surface area contributed by atoms with E-state index in [0.717, 1.165) is 37.5 Å². The Morgan fingerprint density at radius 2 is 1.80 bits per heavy atom. The van der Waals surface area contributed by atoms with E-state index in [4.69, 9.17) is 16.5 Å². The number of nitrogens with one attached hydrogen (secondary N) is 1. The van der Waals surface area contributed by atoms with E-state index in [-0.39, 0.29) is 23.2 Å². The van der Waals surface area contributed by atoms with E-state index in [1.807, 2.05) is 6.21 Å². The zero-order valence-corrected chi connectivity index (χ0v) is 22.3. The minimum Gasteiger partial charge on any atom is -0.398 e. The van der Waals surface area contributed by atoms with Crippen LogP contribution in [0.4, 0.5) is 25.8 Å². The molecule has 4 aliphatic rings. The molecule has 4 fully saturated rings. The third-order valence-corrected chi connectivity index (χ3v) is 8.40. The second-order valence-corrected chi connectivity index (χ2v) is 11.8. The highest BCUT2D eigenvalue weighted by atomic mass is 19.1. The summed E-state index contributed by atoms with van der Waals surface area (Å²) in [6, 6.07) is 8.79. The third-order valence-electron chi connectivity index (χ3n) is 8.40. The van der Waals surface area contributed by atoms with Crippen LogP contribution in [-0.4, -0.2) is 46.6 Å². The average Bonchev–Trinajstić information content (AvgIpc) is 3.20. The van der Waals surface area contributed by atoms with Crippen LogP contribution < -0.4 is 27.2 Å². The molecule has 9 nitrogen and oxygen atoms in total. The standard InChI is InChI=1S/C29H31F2N7O2/c1-16-11-37(12-21(16)33)25-17(10-34-29-13-28(2,14-29)15-29)20(32)6-7-22(25)35-27(40)23-8-9-24(39)38(36-23)26-18(30)4-3-5-19(26)31/h3-10,16,21H,11-15,32-33H2,1-2H3,(H,35,40)/t16-,21+,28?,29?/m1/s1. The van der Waals surface area contributed by atoms with Gasteiger partial charge in [0.25, 0.3) is 11.5 Å². The Bertz CT molecular complexity index is 1570. The lowest BCUT2D eigenvalue weighted by molar-refractivity contribution is -0.112. The molecule has 2 atom stereocenters. The highest BCUT2D eigenvalue weighted by molar-refractivity contribution is 6.08. The lowest BCUT2D eigenvalue weighted by Crippen LogP contribution is -2.64. The number of aliphatic imine (C=N–C) groups is 1. The summed E-state index contributed by atoms with van der Waals surface area (Å²) in [4.78, 5) is 32.8. The smallest absolute Gasteiger partial charge is 0.276 e. The number of nitrogens with two attached hydrogens (primary N) is 2. The molecule has 0 spiro atoms. The minimum atomic E-state index is -0.978. The van der Waals surface area contributed by atoms with Crippen LogP contribution >= 0.6 is 0 Å². The molecule has 0 unspecified atom stereocenters. The molecule has 0 radical (unpaired) electrons. The van der Waals surface area contributed by atoms with Gasteiger partial charge in [-0.05, 0) is 60.9 Å². The molecule has 3 aromatic rings. The molecule has 1 saturated heterocycles. The van der Waals surface area contributed by atoms with Crippen molar-refractivity contribution in [3.8, 4) is 5.69 Å². The van der Waals surface area contributed by atoms with E-state index in [1.54, 1.807) is 12.1 Å². The molecule has 2 bridgehead atoms. The Labute approximate surface area is 229 Å². The molecule has 40 heavy (non-hydrogen) atoms. The van der Waals surface area contributed by atoms with E-state index >= 15 is 0 Å². The highest BCUT2D eigenvalue weighted by Crippen LogP contribution is 2.69. The number of hydrogen-bond donors (Lipinski definition) is 3. The fourth-order valence-corrected chi connectivity index (χ4v) is 6.51. The number of carbonyl (C=O) groups is 1. The second kappa shape index (κ2) is 9.22. The molecule has 7 rings (SSSR count). The fourth-order valence-electron chi connectivity index (χ4n) is 6.51. The van der Waals surface area contributed by atoms with Crippen molar-refractivity contribution in [1.82, 2.24) is 9.78 Å². The first kappa shape index (κ1) is 26.1. The van der Waals surface area contributed by atoms with Gasteiger partial charge in [0.2, 0.25) is 0 Å². The van der Waals surface area contributed by atoms with Crippen LogP contribution in [0, 0.1) is 23.0 Å². The van der Waals surface area contributed by atoms with Gasteiger partial charge in [-0.25, -0.2) is 8.78 Å². The van der Waals surface area contributed by atoms with E-state index in [2.05, 4.69) is 29.2 Å². The van der Waals surface area contributed by atoms with Crippen molar-refractivity contribution < 1.29 is 13.6 Å². The van der Waals surface area contributed by atoms with Crippen molar-refractivity contribution in [2.75, 3.05) is 29.0 Å². The average molecular weight is 548 g/mol. The van der Waals surface area contributed by atoms with Gasteiger partial charge >= 0.3 is 0 Å². The number of hydrogen-bond acceptors (Lipinski definition) is 7. The summed E-state index contributed by atoms with van der Waals surface area (Å²) >= 11 is 0. The van der Waals surface area contributed by atoms with Gasteiger partial charge in [0.15, 0.2) is 11.6 Å². The summed E-state index contributed by atoms with van der Waals surface area (Å²) in [7, 11) is 0. The Morgan fingerprint density at radius 1 is 1.10 bits per heavy atom. The Hall–Kier alpha value is -4.12. The zero-order valence-electron chi connectivity index (χ0n) is 22.3. The molecule has 3 aliphatic carbocycles. The van der Waals surface area contributed by atoms with Crippen LogP contribution in [0.15, 0.2) is 52.3 Å². The number of nitrogen functional groups attached to an aromatic ring is 1. The summed E-state index contributed by atoms with van der Waals surface area (Å²) in [6.07, 6.45) is 4.97. The fraction of sp³-hybridized carbons (Fsp3) is 0.379. The van der Waals surface area contributed by atoms with Crippen LogP contribution in [0.3, 0.4) is 0 Å². The highest BCUT2D eigenvalue weighted by Gasteiger charge is 2.65. The monoisotopic (exact) mass is 547 g/mol. The largest absolute Gasteiger partial charge is 0.398 e. The van der Waals surface area contributed by atoms with E-state index in [0.29, 0.717) is 45.8 Å². The lowest BCUT2D eigenvalue weighted by Gasteiger charge is -2.67. The van der Waals surface area contributed by atoms with Gasteiger partial charge in [0, 0.05) is 42.7 Å². The quantitative estimate of drug-likeness (QED) is 0.320. The second-order valence-electron chi connectivity index (χ2n) is 11.8. The summed E-state index contributed by atoms with van der Waals surface area (Å²) in [5.41, 5.74) is 13.9. The molecule has 2 heterocycles. The molecule has 1 amide bonds. The summed E-state index contributed by atoms with van der Waals surface area (Å²) < 4.78 is 29.3. The first-order chi connectivity index (χ1) is 19.0. The predicted molar refractivity (Wildman–Crippen MR) is 150 cm³/mol. The van der Waals surface area contributed by atoms with E-state index < -0.39 is 28.8 Å². The topological polar surface area (TPSA) is 132 Å². The molecule has 1 aromatic heterocycles. The van der Waals surface area contributed by atoms with Gasteiger partial charge in [0.1, 0.15) is 11.4 Å². The van der Waals surface area contributed by atoms with Gasteiger partial charge in [-0.15, -0.1) is 0 Å². The van der Waals surface area contributed by atoms with E-state index in [1.165, 1.54) is 12.1 Å². The Kier molecular flexibility index (Phi) is 6.02. The van der Waals surface area contributed by atoms with Crippen molar-refractivity contribution in [2.24, 2.45) is 22.1 Å². The van der Waals surface area contributed by atoms with Crippen molar-refractivity contribution in [3.05, 3.63) is 75.7 Å². The maximum atomic E-state index is 14.4. The maximum Gasteiger partial charge on any atom is 0.276 e. The van der Waals surface area contributed by atoms with Gasteiger partial charge < -0.3 is 21.7 Å². The normalized spacial score (nSPS) is 27.0. The number of aromatic nitrogens is 2. The van der Waals surface area contributed by atoms with E-state index in [9.17, 15) is 18.4 Å². The first-order valence-electron chi connectivity index (χ1n) is 13.3. The number of rotatable bonds is 6. The van der Waals surface area contributed by atoms with Gasteiger partial charge in [0.05, 0.1) is 16.9 Å². The maximum absolute atomic E-state index is 14.4. The third kappa shape index (κ3) is 4.34. The molecule has 208 valence electrons. The number of para-hydroxylation sites is 1. The Balaban J connectivity index is 1.36. The summed E-state index contributed by atoms with van der Waals surface area (Å²) in [5.74, 6) is -2.40.